The van der Waals surface area contributed by atoms with Gasteiger partial charge in [-0.1, -0.05) is 42.5 Å². The first-order valence-electron chi connectivity index (χ1n) is 9.99. The number of rotatable bonds is 5. The van der Waals surface area contributed by atoms with Gasteiger partial charge in [0.1, 0.15) is 0 Å². The van der Waals surface area contributed by atoms with Gasteiger partial charge in [-0.15, -0.1) is 0 Å². The third-order valence-electron chi connectivity index (χ3n) is 6.15. The Morgan fingerprint density at radius 2 is 1.89 bits per heavy atom. The number of nitrogens with zero attached hydrogens (tertiary/aromatic N) is 1. The van der Waals surface area contributed by atoms with Gasteiger partial charge in [0.2, 0.25) is 5.91 Å². The zero-order valence-corrected chi connectivity index (χ0v) is 15.9. The number of piperidine rings is 1. The number of aliphatic hydroxyl groups is 1. The lowest BCUT2D eigenvalue weighted by molar-refractivity contribution is -0.115. The second-order valence-electron chi connectivity index (χ2n) is 8.00. The lowest BCUT2D eigenvalue weighted by Crippen LogP contribution is -2.43. The van der Waals surface area contributed by atoms with Crippen molar-refractivity contribution in [2.24, 2.45) is 5.92 Å². The second-order valence-corrected chi connectivity index (χ2v) is 8.00. The molecule has 27 heavy (non-hydrogen) atoms. The fourth-order valence-corrected chi connectivity index (χ4v) is 4.42. The molecule has 0 spiro atoms. The SMILES string of the molecule is C[C@@H]([C@@H](O)c1ccc2c(c1)CC(=O)N2)N1CCC(Cc2ccccc2)CC1. The lowest BCUT2D eigenvalue weighted by Gasteiger charge is -2.38. The van der Waals surface area contributed by atoms with Crippen molar-refractivity contribution < 1.29 is 9.90 Å². The van der Waals surface area contributed by atoms with Crippen LogP contribution in [0.2, 0.25) is 0 Å². The van der Waals surface area contributed by atoms with Crippen LogP contribution in [0, 0.1) is 5.92 Å². The summed E-state index contributed by atoms with van der Waals surface area (Å²) in [7, 11) is 0. The van der Waals surface area contributed by atoms with E-state index in [0.717, 1.165) is 42.2 Å². The highest BCUT2D eigenvalue weighted by Gasteiger charge is 2.28. The summed E-state index contributed by atoms with van der Waals surface area (Å²) in [5, 5.41) is 13.7. The zero-order valence-electron chi connectivity index (χ0n) is 15.9. The highest BCUT2D eigenvalue weighted by Crippen LogP contribution is 2.31. The molecule has 0 saturated carbocycles. The minimum absolute atomic E-state index is 0.0326. The zero-order chi connectivity index (χ0) is 18.8. The molecule has 2 aliphatic heterocycles. The molecule has 2 aromatic rings. The van der Waals surface area contributed by atoms with Gasteiger partial charge in [0, 0.05) is 11.7 Å². The summed E-state index contributed by atoms with van der Waals surface area (Å²) >= 11 is 0. The highest BCUT2D eigenvalue weighted by atomic mass is 16.3. The van der Waals surface area contributed by atoms with E-state index in [2.05, 4.69) is 47.5 Å². The van der Waals surface area contributed by atoms with E-state index in [9.17, 15) is 9.90 Å². The maximum absolute atomic E-state index is 11.5. The van der Waals surface area contributed by atoms with E-state index in [4.69, 9.17) is 0 Å². The average molecular weight is 364 g/mol. The largest absolute Gasteiger partial charge is 0.387 e. The number of aliphatic hydroxyl groups excluding tert-OH is 1. The second kappa shape index (κ2) is 7.83. The van der Waals surface area contributed by atoms with Crippen LogP contribution in [-0.2, 0) is 17.6 Å². The van der Waals surface area contributed by atoms with Gasteiger partial charge in [0.05, 0.1) is 12.5 Å². The molecule has 4 rings (SSSR count). The van der Waals surface area contributed by atoms with Crippen LogP contribution in [0.5, 0.6) is 0 Å². The smallest absolute Gasteiger partial charge is 0.228 e. The maximum atomic E-state index is 11.5. The topological polar surface area (TPSA) is 52.6 Å². The summed E-state index contributed by atoms with van der Waals surface area (Å²) in [5.74, 6) is 0.759. The Bertz CT molecular complexity index is 797. The first-order chi connectivity index (χ1) is 13.1. The minimum Gasteiger partial charge on any atom is -0.387 e. The number of likely N-dealkylation sites (tertiary alicyclic amines) is 1. The van der Waals surface area contributed by atoms with Crippen LogP contribution in [0.25, 0.3) is 0 Å². The number of hydrogen-bond donors (Lipinski definition) is 2. The van der Waals surface area contributed by atoms with Gasteiger partial charge in [-0.3, -0.25) is 9.69 Å². The Kier molecular flexibility index (Phi) is 5.28. The molecule has 1 saturated heterocycles. The maximum Gasteiger partial charge on any atom is 0.228 e. The highest BCUT2D eigenvalue weighted by molar-refractivity contribution is 5.99. The number of fused-ring (bicyclic) bond motifs is 1. The Labute approximate surface area is 161 Å². The van der Waals surface area contributed by atoms with E-state index in [0.29, 0.717) is 6.42 Å². The van der Waals surface area contributed by atoms with Gasteiger partial charge in [-0.25, -0.2) is 0 Å². The molecule has 0 bridgehead atoms. The molecule has 142 valence electrons. The van der Waals surface area contributed by atoms with E-state index >= 15 is 0 Å². The van der Waals surface area contributed by atoms with Crippen LogP contribution < -0.4 is 5.32 Å². The molecule has 0 unspecified atom stereocenters. The minimum atomic E-state index is -0.531. The van der Waals surface area contributed by atoms with Gasteiger partial charge in [-0.05, 0) is 68.0 Å². The predicted molar refractivity (Wildman–Crippen MR) is 108 cm³/mol. The van der Waals surface area contributed by atoms with Crippen molar-refractivity contribution in [1.29, 1.82) is 0 Å². The van der Waals surface area contributed by atoms with Crippen molar-refractivity contribution in [1.82, 2.24) is 4.90 Å². The molecular weight excluding hydrogens is 336 g/mol. The molecule has 0 aliphatic carbocycles. The monoisotopic (exact) mass is 364 g/mol. The Morgan fingerprint density at radius 3 is 2.63 bits per heavy atom. The summed E-state index contributed by atoms with van der Waals surface area (Å²) in [6.45, 7) is 4.17. The van der Waals surface area contributed by atoms with Crippen molar-refractivity contribution in [2.75, 3.05) is 18.4 Å². The number of carbonyl (C=O) groups excluding carboxylic acids is 1. The molecule has 1 fully saturated rings. The average Bonchev–Trinajstić information content (AvgIpc) is 3.07. The fraction of sp³-hybridized carbons (Fsp3) is 0.435. The van der Waals surface area contributed by atoms with E-state index in [1.165, 1.54) is 18.4 Å². The lowest BCUT2D eigenvalue weighted by atomic mass is 9.89. The number of amides is 1. The summed E-state index contributed by atoms with van der Waals surface area (Å²) in [6.07, 6.45) is 3.38. The van der Waals surface area contributed by atoms with Crippen molar-refractivity contribution in [3.63, 3.8) is 0 Å². The molecule has 0 radical (unpaired) electrons. The number of benzene rings is 2. The summed E-state index contributed by atoms with van der Waals surface area (Å²) in [6, 6.07) is 16.6. The standard InChI is InChI=1S/C23H28N2O2/c1-16(23(27)19-7-8-21-20(14-19)15-22(26)24-21)25-11-9-18(10-12-25)13-17-5-3-2-4-6-17/h2-8,14,16,18,23,27H,9-13,15H2,1H3,(H,24,26)/t16-,23+/m0/s1. The summed E-state index contributed by atoms with van der Waals surface area (Å²) in [5.41, 5.74) is 4.20. The van der Waals surface area contributed by atoms with E-state index in [1.807, 2.05) is 18.2 Å². The molecule has 4 nitrogen and oxygen atoms in total. The molecular formula is C23H28N2O2. The predicted octanol–water partition coefficient (Wildman–Crippen LogP) is 3.56. The Morgan fingerprint density at radius 1 is 1.15 bits per heavy atom. The summed E-state index contributed by atoms with van der Waals surface area (Å²) < 4.78 is 0. The first-order valence-corrected chi connectivity index (χ1v) is 9.99. The van der Waals surface area contributed by atoms with Crippen LogP contribution >= 0.6 is 0 Å². The van der Waals surface area contributed by atoms with E-state index in [-0.39, 0.29) is 11.9 Å². The molecule has 2 aliphatic rings. The van der Waals surface area contributed by atoms with Crippen LogP contribution in [0.3, 0.4) is 0 Å². The number of nitrogens with one attached hydrogen (secondary N) is 1. The molecule has 2 N–H and O–H groups in total. The summed E-state index contributed by atoms with van der Waals surface area (Å²) in [4.78, 5) is 13.9. The normalized spacial score (nSPS) is 20.1. The molecule has 4 heteroatoms. The van der Waals surface area contributed by atoms with Gasteiger partial charge in [0.25, 0.3) is 0 Å². The van der Waals surface area contributed by atoms with Crippen LogP contribution in [0.1, 0.15) is 42.6 Å². The van der Waals surface area contributed by atoms with Crippen LogP contribution in [-0.4, -0.2) is 35.0 Å². The number of carbonyl (C=O) groups is 1. The third-order valence-corrected chi connectivity index (χ3v) is 6.15. The van der Waals surface area contributed by atoms with Gasteiger partial charge < -0.3 is 10.4 Å². The van der Waals surface area contributed by atoms with Crippen molar-refractivity contribution in [2.45, 2.75) is 44.8 Å². The van der Waals surface area contributed by atoms with Crippen molar-refractivity contribution in [3.8, 4) is 0 Å². The van der Waals surface area contributed by atoms with Gasteiger partial charge >= 0.3 is 0 Å². The molecule has 1 amide bonds. The van der Waals surface area contributed by atoms with Crippen LogP contribution in [0.4, 0.5) is 5.69 Å². The third kappa shape index (κ3) is 4.07. The molecule has 2 atom stereocenters. The fourth-order valence-electron chi connectivity index (χ4n) is 4.42. The Balaban J connectivity index is 1.34. The van der Waals surface area contributed by atoms with E-state index < -0.39 is 6.10 Å². The van der Waals surface area contributed by atoms with Gasteiger partial charge in [0.15, 0.2) is 0 Å². The van der Waals surface area contributed by atoms with Crippen molar-refractivity contribution >= 4 is 11.6 Å². The molecule has 0 aromatic heterocycles. The number of anilines is 1. The van der Waals surface area contributed by atoms with Gasteiger partial charge in [-0.2, -0.15) is 0 Å². The molecule has 2 heterocycles. The van der Waals surface area contributed by atoms with E-state index in [1.54, 1.807) is 0 Å². The number of hydrogen-bond acceptors (Lipinski definition) is 3. The Hall–Kier alpha value is -2.17. The van der Waals surface area contributed by atoms with Crippen molar-refractivity contribution in [3.05, 3.63) is 65.2 Å². The van der Waals surface area contributed by atoms with Crippen LogP contribution in [0.15, 0.2) is 48.5 Å². The molecule has 2 aromatic carbocycles. The quantitative estimate of drug-likeness (QED) is 0.853. The first kappa shape index (κ1) is 18.2.